The molecule has 1 saturated heterocycles. The van der Waals surface area contributed by atoms with Gasteiger partial charge in [0.25, 0.3) is 0 Å². The van der Waals surface area contributed by atoms with Crippen LogP contribution >= 0.6 is 0 Å². The van der Waals surface area contributed by atoms with E-state index in [0.717, 1.165) is 60.8 Å². The Bertz CT molecular complexity index is 983. The average molecular weight is 393 g/mol. The molecular formula is C22H27N5O2. The van der Waals surface area contributed by atoms with Crippen LogP contribution in [0.25, 0.3) is 11.2 Å². The lowest BCUT2D eigenvalue weighted by atomic mass is 10.0. The van der Waals surface area contributed by atoms with Gasteiger partial charge in [0.1, 0.15) is 17.1 Å². The Morgan fingerprint density at radius 3 is 2.86 bits per heavy atom. The lowest BCUT2D eigenvalue weighted by molar-refractivity contribution is 0.206. The first kappa shape index (κ1) is 19.2. The van der Waals surface area contributed by atoms with Gasteiger partial charge < -0.3 is 19.5 Å². The van der Waals surface area contributed by atoms with E-state index in [1.54, 1.807) is 7.11 Å². The minimum absolute atomic E-state index is 0.00557. The quantitative estimate of drug-likeness (QED) is 0.698. The van der Waals surface area contributed by atoms with Crippen LogP contribution in [-0.4, -0.2) is 45.7 Å². The van der Waals surface area contributed by atoms with Crippen molar-refractivity contribution in [2.45, 2.75) is 32.9 Å². The monoisotopic (exact) mass is 393 g/mol. The molecule has 0 spiro atoms. The van der Waals surface area contributed by atoms with E-state index >= 15 is 0 Å². The van der Waals surface area contributed by atoms with Crippen LogP contribution in [0.1, 0.15) is 24.7 Å². The minimum atomic E-state index is -0.00557. The number of pyridine rings is 1. The van der Waals surface area contributed by atoms with E-state index in [0.29, 0.717) is 12.5 Å². The summed E-state index contributed by atoms with van der Waals surface area (Å²) in [7, 11) is 1.65. The number of urea groups is 1. The first-order valence-corrected chi connectivity index (χ1v) is 10.1. The smallest absolute Gasteiger partial charge is 0.317 e. The Balaban J connectivity index is 1.33. The summed E-state index contributed by atoms with van der Waals surface area (Å²) in [5.74, 6) is 2.30. The number of amides is 2. The highest BCUT2D eigenvalue weighted by Gasteiger charge is 2.27. The summed E-state index contributed by atoms with van der Waals surface area (Å²) in [5, 5.41) is 3.02. The number of ether oxygens (including phenoxy) is 1. The number of hydrogen-bond acceptors (Lipinski definition) is 4. The molecule has 0 saturated carbocycles. The normalized spacial score (nSPS) is 16.3. The zero-order valence-electron chi connectivity index (χ0n) is 17.0. The van der Waals surface area contributed by atoms with Gasteiger partial charge in [0.15, 0.2) is 5.65 Å². The number of imidazole rings is 1. The Morgan fingerprint density at radius 1 is 1.28 bits per heavy atom. The molecule has 3 heterocycles. The molecule has 0 bridgehead atoms. The van der Waals surface area contributed by atoms with Gasteiger partial charge in [0.05, 0.1) is 7.11 Å². The molecule has 3 aromatic rings. The zero-order valence-corrected chi connectivity index (χ0v) is 17.0. The van der Waals surface area contributed by atoms with Crippen LogP contribution in [0.3, 0.4) is 0 Å². The standard InChI is InChI=1S/C22H27N5O2/c1-3-27-20(25-19-5-4-11-23-21(19)27)13-17-10-12-26(15-17)22(28)24-14-16-6-8-18(29-2)9-7-16/h4-9,11,17H,3,10,12-15H2,1-2H3,(H,24,28). The number of carbonyl (C=O) groups excluding carboxylic acids is 1. The van der Waals surface area contributed by atoms with Crippen LogP contribution in [0.5, 0.6) is 5.75 Å². The average Bonchev–Trinajstić information content (AvgIpc) is 3.36. The number of likely N-dealkylation sites (tertiary alicyclic amines) is 1. The second-order valence-electron chi connectivity index (χ2n) is 7.43. The summed E-state index contributed by atoms with van der Waals surface area (Å²) < 4.78 is 7.35. The van der Waals surface area contributed by atoms with Crippen molar-refractivity contribution in [3.05, 3.63) is 54.0 Å². The van der Waals surface area contributed by atoms with Gasteiger partial charge in [-0.25, -0.2) is 14.8 Å². The van der Waals surface area contributed by atoms with Gasteiger partial charge in [-0.1, -0.05) is 12.1 Å². The highest BCUT2D eigenvalue weighted by atomic mass is 16.5. The van der Waals surface area contributed by atoms with Gasteiger partial charge >= 0.3 is 6.03 Å². The predicted molar refractivity (Wildman–Crippen MR) is 112 cm³/mol. The highest BCUT2D eigenvalue weighted by Crippen LogP contribution is 2.23. The first-order chi connectivity index (χ1) is 14.2. The minimum Gasteiger partial charge on any atom is -0.497 e. The molecule has 0 radical (unpaired) electrons. The van der Waals surface area contributed by atoms with Crippen molar-refractivity contribution in [1.29, 1.82) is 0 Å². The van der Waals surface area contributed by atoms with Crippen LogP contribution in [0.15, 0.2) is 42.6 Å². The van der Waals surface area contributed by atoms with Crippen LogP contribution in [0.4, 0.5) is 4.79 Å². The Hall–Kier alpha value is -3.09. The van der Waals surface area contributed by atoms with Crippen molar-refractivity contribution in [3.63, 3.8) is 0 Å². The number of rotatable bonds is 6. The topological polar surface area (TPSA) is 72.3 Å². The van der Waals surface area contributed by atoms with Gasteiger partial charge in [-0.05, 0) is 49.1 Å². The number of aromatic nitrogens is 3. The van der Waals surface area contributed by atoms with E-state index in [-0.39, 0.29) is 6.03 Å². The number of methoxy groups -OCH3 is 1. The first-order valence-electron chi connectivity index (χ1n) is 10.1. The molecule has 2 amide bonds. The fraction of sp³-hybridized carbons (Fsp3) is 0.409. The van der Waals surface area contributed by atoms with E-state index < -0.39 is 0 Å². The summed E-state index contributed by atoms with van der Waals surface area (Å²) >= 11 is 0. The molecule has 1 aromatic carbocycles. The summed E-state index contributed by atoms with van der Waals surface area (Å²) in [6.45, 7) is 5.02. The number of hydrogen-bond donors (Lipinski definition) is 1. The summed E-state index contributed by atoms with van der Waals surface area (Å²) in [5.41, 5.74) is 2.94. The Kier molecular flexibility index (Phi) is 5.64. The van der Waals surface area contributed by atoms with Crippen molar-refractivity contribution in [3.8, 4) is 5.75 Å². The lowest BCUT2D eigenvalue weighted by Gasteiger charge is -2.17. The molecule has 1 unspecified atom stereocenters. The molecule has 2 aromatic heterocycles. The molecule has 29 heavy (non-hydrogen) atoms. The molecule has 7 nitrogen and oxygen atoms in total. The lowest BCUT2D eigenvalue weighted by Crippen LogP contribution is -2.38. The van der Waals surface area contributed by atoms with Crippen molar-refractivity contribution >= 4 is 17.2 Å². The molecule has 7 heteroatoms. The van der Waals surface area contributed by atoms with E-state index in [1.807, 2.05) is 47.5 Å². The zero-order chi connectivity index (χ0) is 20.2. The maximum absolute atomic E-state index is 12.6. The van der Waals surface area contributed by atoms with Crippen LogP contribution < -0.4 is 10.1 Å². The third kappa shape index (κ3) is 4.18. The molecule has 1 fully saturated rings. The van der Waals surface area contributed by atoms with E-state index in [2.05, 4.69) is 21.8 Å². The molecular weight excluding hydrogens is 366 g/mol. The fourth-order valence-electron chi connectivity index (χ4n) is 3.97. The number of aryl methyl sites for hydroxylation is 1. The Morgan fingerprint density at radius 2 is 2.10 bits per heavy atom. The summed E-state index contributed by atoms with van der Waals surface area (Å²) in [6, 6.07) is 11.7. The Labute approximate surface area is 170 Å². The third-order valence-corrected chi connectivity index (χ3v) is 5.55. The van der Waals surface area contributed by atoms with Gasteiger partial charge in [0.2, 0.25) is 0 Å². The molecule has 1 aliphatic rings. The van der Waals surface area contributed by atoms with Gasteiger partial charge in [-0.3, -0.25) is 0 Å². The maximum atomic E-state index is 12.6. The molecule has 1 aliphatic heterocycles. The SMILES string of the molecule is CCn1c(CC2CCN(C(=O)NCc3ccc(OC)cc3)C2)nc2cccnc21. The number of carbonyl (C=O) groups is 1. The van der Waals surface area contributed by atoms with Gasteiger partial charge in [0, 0.05) is 38.8 Å². The number of nitrogens with zero attached hydrogens (tertiary/aromatic N) is 4. The second kappa shape index (κ2) is 8.51. The van der Waals surface area contributed by atoms with Crippen LogP contribution in [0, 0.1) is 5.92 Å². The maximum Gasteiger partial charge on any atom is 0.317 e. The molecule has 4 rings (SSSR count). The fourth-order valence-corrected chi connectivity index (χ4v) is 3.97. The largest absolute Gasteiger partial charge is 0.497 e. The van der Waals surface area contributed by atoms with Gasteiger partial charge in [-0.15, -0.1) is 0 Å². The molecule has 1 N–H and O–H groups in total. The summed E-state index contributed by atoms with van der Waals surface area (Å²) in [4.78, 5) is 23.7. The van der Waals surface area contributed by atoms with Crippen molar-refractivity contribution < 1.29 is 9.53 Å². The molecule has 0 aliphatic carbocycles. The van der Waals surface area contributed by atoms with Crippen molar-refractivity contribution in [1.82, 2.24) is 24.8 Å². The van der Waals surface area contributed by atoms with Crippen LogP contribution in [-0.2, 0) is 19.5 Å². The number of benzene rings is 1. The van der Waals surface area contributed by atoms with E-state index in [1.165, 1.54) is 0 Å². The third-order valence-electron chi connectivity index (χ3n) is 5.55. The highest BCUT2D eigenvalue weighted by molar-refractivity contribution is 5.74. The van der Waals surface area contributed by atoms with Crippen molar-refractivity contribution in [2.75, 3.05) is 20.2 Å². The summed E-state index contributed by atoms with van der Waals surface area (Å²) in [6.07, 6.45) is 3.67. The molecule has 152 valence electrons. The predicted octanol–water partition coefficient (Wildman–Crippen LogP) is 3.23. The molecule has 1 atom stereocenters. The van der Waals surface area contributed by atoms with Gasteiger partial charge in [-0.2, -0.15) is 0 Å². The number of fused-ring (bicyclic) bond motifs is 1. The van der Waals surface area contributed by atoms with E-state index in [4.69, 9.17) is 9.72 Å². The van der Waals surface area contributed by atoms with E-state index in [9.17, 15) is 4.79 Å². The van der Waals surface area contributed by atoms with Crippen molar-refractivity contribution in [2.24, 2.45) is 5.92 Å². The van der Waals surface area contributed by atoms with Crippen LogP contribution in [0.2, 0.25) is 0 Å². The number of nitrogens with one attached hydrogen (secondary N) is 1. The second-order valence-corrected chi connectivity index (χ2v) is 7.43.